The number of nitriles is 1. The largest absolute Gasteiger partial charge is 0.296 e. The Labute approximate surface area is 106 Å². The van der Waals surface area contributed by atoms with Gasteiger partial charge in [0.25, 0.3) is 10.1 Å². The van der Waals surface area contributed by atoms with E-state index in [1.165, 1.54) is 12.1 Å². The van der Waals surface area contributed by atoms with Gasteiger partial charge in [-0.15, -0.1) is 0 Å². The Bertz CT molecular complexity index is 488. The van der Waals surface area contributed by atoms with E-state index < -0.39 is 10.1 Å². The minimum Gasteiger partial charge on any atom is -0.266 e. The Morgan fingerprint density at radius 1 is 1.35 bits per heavy atom. The van der Waals surface area contributed by atoms with E-state index in [1.807, 2.05) is 12.3 Å². The molecule has 0 heterocycles. The normalized spacial score (nSPS) is 11.1. The number of hydrogen-bond acceptors (Lipinski definition) is 5. The molecule has 0 spiro atoms. The highest BCUT2D eigenvalue weighted by Crippen LogP contribution is 2.13. The first-order chi connectivity index (χ1) is 8.06. The molecule has 0 amide bonds. The fourth-order valence-corrected chi connectivity index (χ4v) is 2.41. The zero-order valence-electron chi connectivity index (χ0n) is 9.42. The van der Waals surface area contributed by atoms with Gasteiger partial charge in [0.2, 0.25) is 0 Å². The van der Waals surface area contributed by atoms with Gasteiger partial charge >= 0.3 is 0 Å². The average molecular weight is 271 g/mol. The lowest BCUT2D eigenvalue weighted by molar-refractivity contribution is 0.319. The van der Waals surface area contributed by atoms with Crippen LogP contribution in [0.15, 0.2) is 29.2 Å². The van der Waals surface area contributed by atoms with Crippen molar-refractivity contribution in [2.75, 3.05) is 12.4 Å². The Morgan fingerprint density at radius 2 is 2.00 bits per heavy atom. The van der Waals surface area contributed by atoms with Crippen LogP contribution in [-0.4, -0.2) is 20.8 Å². The lowest BCUT2D eigenvalue weighted by Gasteiger charge is -2.05. The van der Waals surface area contributed by atoms with E-state index in [0.29, 0.717) is 12.2 Å². The van der Waals surface area contributed by atoms with Crippen LogP contribution in [0.4, 0.5) is 0 Å². The van der Waals surface area contributed by atoms with Gasteiger partial charge < -0.3 is 0 Å². The van der Waals surface area contributed by atoms with Gasteiger partial charge in [0.05, 0.1) is 11.5 Å². The summed E-state index contributed by atoms with van der Waals surface area (Å²) in [6.07, 6.45) is 0.531. The third-order valence-corrected chi connectivity index (χ3v) is 3.95. The first kappa shape index (κ1) is 14.0. The van der Waals surface area contributed by atoms with Crippen LogP contribution in [0, 0.1) is 17.6 Å². The van der Waals surface area contributed by atoms with E-state index in [9.17, 15) is 8.42 Å². The molecule has 17 heavy (non-hydrogen) atoms. The van der Waals surface area contributed by atoms with Crippen LogP contribution in [0.5, 0.6) is 0 Å². The molecule has 4 nitrogen and oxygen atoms in total. The van der Waals surface area contributed by atoms with Gasteiger partial charge in [0, 0.05) is 5.75 Å². The van der Waals surface area contributed by atoms with Crippen molar-refractivity contribution in [1.29, 1.82) is 5.26 Å². The summed E-state index contributed by atoms with van der Waals surface area (Å²) in [4.78, 5) is 0.163. The lowest BCUT2D eigenvalue weighted by Crippen LogP contribution is -2.08. The predicted molar refractivity (Wildman–Crippen MR) is 67.0 cm³/mol. The maximum Gasteiger partial charge on any atom is 0.296 e. The smallest absolute Gasteiger partial charge is 0.266 e. The van der Waals surface area contributed by atoms with Crippen LogP contribution >= 0.6 is 11.8 Å². The number of thioether (sulfide) groups is 1. The SMILES string of the molecule is Cc1ccc(S(=O)(=O)OCCCSC#N)cc1. The van der Waals surface area contributed by atoms with Crippen molar-refractivity contribution in [3.63, 3.8) is 0 Å². The second-order valence-corrected chi connectivity index (χ2v) is 5.88. The third-order valence-electron chi connectivity index (χ3n) is 2.00. The molecule has 0 bridgehead atoms. The molecule has 1 aromatic rings. The quantitative estimate of drug-likeness (QED) is 0.451. The number of thiocyanates is 1. The Balaban J connectivity index is 2.52. The first-order valence-corrected chi connectivity index (χ1v) is 7.42. The molecule has 0 aromatic heterocycles. The van der Waals surface area contributed by atoms with Crippen LogP contribution in [0.3, 0.4) is 0 Å². The molecule has 1 rings (SSSR count). The van der Waals surface area contributed by atoms with E-state index in [0.717, 1.165) is 17.3 Å². The molecule has 0 aliphatic heterocycles. The highest BCUT2D eigenvalue weighted by Gasteiger charge is 2.14. The molecule has 0 aliphatic carbocycles. The molecule has 6 heteroatoms. The fourth-order valence-electron chi connectivity index (χ4n) is 1.12. The van der Waals surface area contributed by atoms with Gasteiger partial charge in [-0.1, -0.05) is 17.7 Å². The topological polar surface area (TPSA) is 67.2 Å². The molecule has 0 saturated carbocycles. The van der Waals surface area contributed by atoms with E-state index in [2.05, 4.69) is 0 Å². The summed E-state index contributed by atoms with van der Waals surface area (Å²) in [5.74, 6) is 0.569. The fraction of sp³-hybridized carbons (Fsp3) is 0.364. The molecule has 0 unspecified atom stereocenters. The van der Waals surface area contributed by atoms with Crippen molar-refractivity contribution >= 4 is 21.9 Å². The standard InChI is InChI=1S/C11H13NO3S2/c1-10-3-5-11(6-4-10)17(13,14)15-7-2-8-16-9-12/h3-6H,2,7-8H2,1H3. The van der Waals surface area contributed by atoms with Crippen molar-refractivity contribution < 1.29 is 12.6 Å². The van der Waals surface area contributed by atoms with Crippen molar-refractivity contribution in [3.05, 3.63) is 29.8 Å². The van der Waals surface area contributed by atoms with E-state index in [1.54, 1.807) is 12.1 Å². The number of hydrogen-bond donors (Lipinski definition) is 0. The van der Waals surface area contributed by atoms with Crippen molar-refractivity contribution in [2.45, 2.75) is 18.2 Å². The number of aryl methyl sites for hydroxylation is 1. The second kappa shape index (κ2) is 6.64. The summed E-state index contributed by atoms with van der Waals surface area (Å²) in [6.45, 7) is 1.99. The molecule has 0 saturated heterocycles. The third kappa shape index (κ3) is 4.77. The maximum absolute atomic E-state index is 11.7. The van der Waals surface area contributed by atoms with E-state index in [-0.39, 0.29) is 11.5 Å². The summed E-state index contributed by atoms with van der Waals surface area (Å²) in [7, 11) is -3.66. The Kier molecular flexibility index (Phi) is 5.48. The maximum atomic E-state index is 11.7. The van der Waals surface area contributed by atoms with E-state index >= 15 is 0 Å². The van der Waals surface area contributed by atoms with Gasteiger partial charge in [-0.3, -0.25) is 4.18 Å². The summed E-state index contributed by atoms with van der Waals surface area (Å²) in [5, 5.41) is 10.2. The minimum atomic E-state index is -3.66. The number of rotatable bonds is 6. The summed E-state index contributed by atoms with van der Waals surface area (Å²) < 4.78 is 28.2. The molecular formula is C11H13NO3S2. The highest BCUT2D eigenvalue weighted by molar-refractivity contribution is 8.03. The molecule has 0 aliphatic rings. The van der Waals surface area contributed by atoms with Gasteiger partial charge in [-0.05, 0) is 37.2 Å². The summed E-state index contributed by atoms with van der Waals surface area (Å²) in [6, 6.07) is 6.49. The molecule has 0 atom stereocenters. The van der Waals surface area contributed by atoms with Crippen molar-refractivity contribution in [2.24, 2.45) is 0 Å². The number of benzene rings is 1. The van der Waals surface area contributed by atoms with E-state index in [4.69, 9.17) is 9.44 Å². The molecule has 0 radical (unpaired) electrons. The monoisotopic (exact) mass is 271 g/mol. The first-order valence-electron chi connectivity index (χ1n) is 5.03. The minimum absolute atomic E-state index is 0.102. The van der Waals surface area contributed by atoms with Crippen LogP contribution in [0.1, 0.15) is 12.0 Å². The Morgan fingerprint density at radius 3 is 2.59 bits per heavy atom. The Hall–Kier alpha value is -1.03. The molecule has 0 N–H and O–H groups in total. The average Bonchev–Trinajstić information content (AvgIpc) is 2.29. The highest BCUT2D eigenvalue weighted by atomic mass is 32.2. The van der Waals surface area contributed by atoms with Crippen LogP contribution in [0.25, 0.3) is 0 Å². The molecular weight excluding hydrogens is 258 g/mol. The zero-order valence-corrected chi connectivity index (χ0v) is 11.1. The van der Waals surface area contributed by atoms with Crippen LogP contribution in [0.2, 0.25) is 0 Å². The van der Waals surface area contributed by atoms with Crippen molar-refractivity contribution in [3.8, 4) is 5.40 Å². The predicted octanol–water partition coefficient (Wildman–Crippen LogP) is 2.30. The van der Waals surface area contributed by atoms with Gasteiger partial charge in [-0.25, -0.2) is 0 Å². The molecule has 0 fully saturated rings. The molecule has 92 valence electrons. The van der Waals surface area contributed by atoms with Crippen LogP contribution < -0.4 is 0 Å². The van der Waals surface area contributed by atoms with Gasteiger partial charge in [0.15, 0.2) is 0 Å². The van der Waals surface area contributed by atoms with Gasteiger partial charge in [0.1, 0.15) is 5.40 Å². The number of nitrogens with zero attached hydrogens (tertiary/aromatic N) is 1. The summed E-state index contributed by atoms with van der Waals surface area (Å²) in [5.41, 5.74) is 0.995. The lowest BCUT2D eigenvalue weighted by atomic mass is 10.2. The van der Waals surface area contributed by atoms with Gasteiger partial charge in [-0.2, -0.15) is 13.7 Å². The van der Waals surface area contributed by atoms with Crippen LogP contribution in [-0.2, 0) is 14.3 Å². The van der Waals surface area contributed by atoms with Crippen molar-refractivity contribution in [1.82, 2.24) is 0 Å². The molecule has 1 aromatic carbocycles. The zero-order chi connectivity index (χ0) is 12.7. The second-order valence-electron chi connectivity index (χ2n) is 3.38. The summed E-state index contributed by atoms with van der Waals surface area (Å²) >= 11 is 1.09.